The van der Waals surface area contributed by atoms with Crippen LogP contribution in [-0.2, 0) is 9.31 Å². The van der Waals surface area contributed by atoms with Crippen LogP contribution in [0.15, 0.2) is 6.07 Å². The summed E-state index contributed by atoms with van der Waals surface area (Å²) in [6, 6.07) is 1.97. The number of carbonyl (C=O) groups is 1. The first-order chi connectivity index (χ1) is 7.77. The van der Waals surface area contributed by atoms with Gasteiger partial charge in [-0.25, -0.2) is 0 Å². The van der Waals surface area contributed by atoms with Gasteiger partial charge in [-0.15, -0.1) is 11.3 Å². The maximum absolute atomic E-state index is 10.8. The van der Waals surface area contributed by atoms with Gasteiger partial charge in [0.25, 0.3) is 0 Å². The van der Waals surface area contributed by atoms with E-state index < -0.39 is 0 Å². The van der Waals surface area contributed by atoms with Crippen molar-refractivity contribution in [2.75, 3.05) is 0 Å². The minimum atomic E-state index is -0.364. The van der Waals surface area contributed by atoms with Crippen molar-refractivity contribution >= 4 is 29.5 Å². The summed E-state index contributed by atoms with van der Waals surface area (Å²) in [5.74, 6) is 0. The summed E-state index contributed by atoms with van der Waals surface area (Å²) >= 11 is 1.44. The number of hydrogen-bond acceptors (Lipinski definition) is 4. The normalized spacial score (nSPS) is 21.8. The maximum atomic E-state index is 10.8. The third kappa shape index (κ3) is 2.07. The summed E-state index contributed by atoms with van der Waals surface area (Å²) in [5.41, 5.74) is 0.308. The Balaban J connectivity index is 2.29. The molecule has 92 valence electrons. The zero-order valence-electron chi connectivity index (χ0n) is 10.9. The van der Waals surface area contributed by atoms with E-state index in [1.807, 2.05) is 40.7 Å². The summed E-state index contributed by atoms with van der Waals surface area (Å²) in [5, 5.41) is 0. The molecule has 1 aromatic rings. The lowest BCUT2D eigenvalue weighted by molar-refractivity contribution is 0.00578. The van der Waals surface area contributed by atoms with Gasteiger partial charge in [0.15, 0.2) is 6.29 Å². The Hall–Kier alpha value is -0.645. The molecule has 0 amide bonds. The molecule has 0 aromatic carbocycles. The van der Waals surface area contributed by atoms with Crippen LogP contribution < -0.4 is 4.78 Å². The van der Waals surface area contributed by atoms with Crippen LogP contribution in [0.5, 0.6) is 0 Å². The van der Waals surface area contributed by atoms with Crippen LogP contribution in [0, 0.1) is 6.92 Å². The SMILES string of the molecule is Cc1cc(B2OC(C)(C)C(C)(C)O2)sc1C=O. The molecule has 2 rings (SSSR count). The molecule has 0 bridgehead atoms. The lowest BCUT2D eigenvalue weighted by Gasteiger charge is -2.32. The van der Waals surface area contributed by atoms with Crippen molar-refractivity contribution in [2.45, 2.75) is 45.8 Å². The summed E-state index contributed by atoms with van der Waals surface area (Å²) in [4.78, 5) is 11.6. The second-order valence-corrected chi connectivity index (χ2v) is 6.52. The van der Waals surface area contributed by atoms with Crippen LogP contribution in [0.2, 0.25) is 0 Å². The molecule has 2 heterocycles. The van der Waals surface area contributed by atoms with Crippen LogP contribution in [0.4, 0.5) is 0 Å². The van der Waals surface area contributed by atoms with E-state index in [1.54, 1.807) is 0 Å². The highest BCUT2D eigenvalue weighted by Gasteiger charge is 2.52. The third-order valence-corrected chi connectivity index (χ3v) is 4.75. The van der Waals surface area contributed by atoms with E-state index in [1.165, 1.54) is 11.3 Å². The predicted octanol–water partition coefficient (Wildman–Crippen LogP) is 2.17. The van der Waals surface area contributed by atoms with Gasteiger partial charge in [0.2, 0.25) is 0 Å². The zero-order valence-corrected chi connectivity index (χ0v) is 11.7. The highest BCUT2D eigenvalue weighted by Crippen LogP contribution is 2.37. The van der Waals surface area contributed by atoms with Gasteiger partial charge in [-0.05, 0) is 46.2 Å². The second kappa shape index (κ2) is 3.94. The predicted molar refractivity (Wildman–Crippen MR) is 70.2 cm³/mol. The fourth-order valence-electron chi connectivity index (χ4n) is 1.71. The fraction of sp³-hybridized carbons (Fsp3) is 0.583. The second-order valence-electron chi connectivity index (χ2n) is 5.40. The number of thiophene rings is 1. The summed E-state index contributed by atoms with van der Waals surface area (Å²) < 4.78 is 12.8. The summed E-state index contributed by atoms with van der Waals surface area (Å²) in [6.45, 7) is 10.0. The molecular formula is C12H17BO3S. The number of aryl methyl sites for hydroxylation is 1. The van der Waals surface area contributed by atoms with Crippen molar-refractivity contribution in [1.29, 1.82) is 0 Å². The van der Waals surface area contributed by atoms with E-state index in [9.17, 15) is 4.79 Å². The Labute approximate surface area is 106 Å². The first kappa shape index (κ1) is 12.8. The van der Waals surface area contributed by atoms with Gasteiger partial charge in [0.05, 0.1) is 16.1 Å². The van der Waals surface area contributed by atoms with Crippen molar-refractivity contribution in [3.05, 3.63) is 16.5 Å². The van der Waals surface area contributed by atoms with Crippen molar-refractivity contribution in [2.24, 2.45) is 0 Å². The van der Waals surface area contributed by atoms with Gasteiger partial charge < -0.3 is 9.31 Å². The molecule has 1 aliphatic heterocycles. The Bertz CT molecular complexity index is 435. The molecule has 0 N–H and O–H groups in total. The van der Waals surface area contributed by atoms with Crippen LogP contribution >= 0.6 is 11.3 Å². The molecule has 1 aliphatic rings. The van der Waals surface area contributed by atoms with E-state index in [0.29, 0.717) is 0 Å². The van der Waals surface area contributed by atoms with Crippen LogP contribution in [0.3, 0.4) is 0 Å². The molecule has 0 radical (unpaired) electrons. The van der Waals surface area contributed by atoms with Gasteiger partial charge >= 0.3 is 7.12 Å². The van der Waals surface area contributed by atoms with Crippen molar-refractivity contribution in [3.8, 4) is 0 Å². The smallest absolute Gasteiger partial charge is 0.399 e. The van der Waals surface area contributed by atoms with Gasteiger partial charge in [-0.2, -0.15) is 0 Å². The first-order valence-electron chi connectivity index (χ1n) is 5.68. The standard InChI is InChI=1S/C12H17BO3S/c1-8-6-10(17-9(8)7-14)13-15-11(2,3)12(4,5)16-13/h6-7H,1-5H3. The average molecular weight is 252 g/mol. The number of carbonyl (C=O) groups excluding carboxylic acids is 1. The van der Waals surface area contributed by atoms with E-state index in [2.05, 4.69) is 0 Å². The Morgan fingerprint density at radius 3 is 2.18 bits per heavy atom. The number of aldehydes is 1. The monoisotopic (exact) mass is 252 g/mol. The third-order valence-electron chi connectivity index (χ3n) is 3.57. The maximum Gasteiger partial charge on any atom is 0.505 e. The zero-order chi connectivity index (χ0) is 12.8. The highest BCUT2D eigenvalue weighted by atomic mass is 32.1. The first-order valence-corrected chi connectivity index (χ1v) is 6.49. The van der Waals surface area contributed by atoms with E-state index in [4.69, 9.17) is 9.31 Å². The van der Waals surface area contributed by atoms with E-state index in [0.717, 1.165) is 21.5 Å². The number of rotatable bonds is 2. The average Bonchev–Trinajstić information content (AvgIpc) is 2.66. The quantitative estimate of drug-likeness (QED) is 0.597. The molecular weight excluding hydrogens is 235 g/mol. The summed E-state index contributed by atoms with van der Waals surface area (Å²) in [6.07, 6.45) is 0.884. The van der Waals surface area contributed by atoms with Crippen LogP contribution in [0.25, 0.3) is 0 Å². The fourth-order valence-corrected chi connectivity index (χ4v) is 2.66. The summed E-state index contributed by atoms with van der Waals surface area (Å²) in [7, 11) is -0.364. The molecule has 0 atom stereocenters. The van der Waals surface area contributed by atoms with Gasteiger partial charge in [0, 0.05) is 4.78 Å². The van der Waals surface area contributed by atoms with Gasteiger partial charge in [0.1, 0.15) is 0 Å². The molecule has 0 saturated carbocycles. The minimum absolute atomic E-state index is 0.336. The van der Waals surface area contributed by atoms with Crippen LogP contribution in [0.1, 0.15) is 42.9 Å². The van der Waals surface area contributed by atoms with Gasteiger partial charge in [-0.1, -0.05) is 0 Å². The van der Waals surface area contributed by atoms with Crippen molar-refractivity contribution in [1.82, 2.24) is 0 Å². The topological polar surface area (TPSA) is 35.5 Å². The Kier molecular flexibility index (Phi) is 2.96. The van der Waals surface area contributed by atoms with E-state index >= 15 is 0 Å². The minimum Gasteiger partial charge on any atom is -0.399 e. The molecule has 1 fully saturated rings. The molecule has 3 nitrogen and oxygen atoms in total. The molecule has 17 heavy (non-hydrogen) atoms. The molecule has 0 spiro atoms. The molecule has 1 aromatic heterocycles. The molecule has 0 unspecified atom stereocenters. The molecule has 1 saturated heterocycles. The Morgan fingerprint density at radius 1 is 1.24 bits per heavy atom. The Morgan fingerprint density at radius 2 is 1.76 bits per heavy atom. The number of hydrogen-bond donors (Lipinski definition) is 0. The lowest BCUT2D eigenvalue weighted by Crippen LogP contribution is -2.41. The van der Waals surface area contributed by atoms with Crippen molar-refractivity contribution in [3.63, 3.8) is 0 Å². The largest absolute Gasteiger partial charge is 0.505 e. The lowest BCUT2D eigenvalue weighted by atomic mass is 9.87. The molecule has 0 aliphatic carbocycles. The highest BCUT2D eigenvalue weighted by molar-refractivity contribution is 7.23. The molecule has 5 heteroatoms. The van der Waals surface area contributed by atoms with Crippen molar-refractivity contribution < 1.29 is 14.1 Å². The van der Waals surface area contributed by atoms with Gasteiger partial charge in [-0.3, -0.25) is 4.79 Å². The van der Waals surface area contributed by atoms with E-state index in [-0.39, 0.29) is 18.3 Å². The van der Waals surface area contributed by atoms with Crippen LogP contribution in [-0.4, -0.2) is 24.6 Å².